The number of methoxy groups -OCH3 is 1. The van der Waals surface area contributed by atoms with Crippen molar-refractivity contribution >= 4 is 39.7 Å². The van der Waals surface area contributed by atoms with Crippen molar-refractivity contribution in [1.29, 1.82) is 0 Å². The fraction of sp³-hybridized carbons (Fsp3) is 0.500. The first-order chi connectivity index (χ1) is 11.3. The minimum absolute atomic E-state index is 0. The Labute approximate surface area is 153 Å². The SMILES string of the molecule is COc1c(C(=O)NCCNC2CCCCC2)sc2ccccc12.Cl. The van der Waals surface area contributed by atoms with Gasteiger partial charge in [0.1, 0.15) is 10.6 Å². The Kier molecular flexibility index (Phi) is 7.34. The van der Waals surface area contributed by atoms with E-state index in [2.05, 4.69) is 10.6 Å². The van der Waals surface area contributed by atoms with Crippen LogP contribution in [0.1, 0.15) is 41.8 Å². The second-order valence-corrected chi connectivity index (χ2v) is 7.06. The number of ether oxygens (including phenoxy) is 1. The highest BCUT2D eigenvalue weighted by atomic mass is 35.5. The van der Waals surface area contributed by atoms with Crippen LogP contribution in [0.15, 0.2) is 24.3 Å². The van der Waals surface area contributed by atoms with E-state index in [4.69, 9.17) is 4.74 Å². The van der Waals surface area contributed by atoms with Crippen LogP contribution in [-0.4, -0.2) is 32.1 Å². The third-order valence-electron chi connectivity index (χ3n) is 4.41. The number of rotatable bonds is 6. The Hall–Kier alpha value is -1.30. The van der Waals surface area contributed by atoms with Gasteiger partial charge in [0.25, 0.3) is 5.91 Å². The summed E-state index contributed by atoms with van der Waals surface area (Å²) in [7, 11) is 1.62. The summed E-state index contributed by atoms with van der Waals surface area (Å²) in [5, 5.41) is 7.55. The van der Waals surface area contributed by atoms with Crippen LogP contribution in [0.3, 0.4) is 0 Å². The van der Waals surface area contributed by atoms with Crippen LogP contribution in [0.2, 0.25) is 0 Å². The summed E-state index contributed by atoms with van der Waals surface area (Å²) in [5.74, 6) is 0.636. The van der Waals surface area contributed by atoms with Crippen LogP contribution in [0.4, 0.5) is 0 Å². The van der Waals surface area contributed by atoms with Crippen LogP contribution >= 0.6 is 23.7 Å². The van der Waals surface area contributed by atoms with E-state index in [1.807, 2.05) is 24.3 Å². The van der Waals surface area contributed by atoms with E-state index in [0.717, 1.165) is 16.6 Å². The van der Waals surface area contributed by atoms with E-state index in [1.165, 1.54) is 43.4 Å². The molecule has 0 radical (unpaired) electrons. The van der Waals surface area contributed by atoms with E-state index >= 15 is 0 Å². The average Bonchev–Trinajstić information content (AvgIpc) is 2.98. The molecule has 2 N–H and O–H groups in total. The molecule has 1 fully saturated rings. The van der Waals surface area contributed by atoms with Crippen LogP contribution in [-0.2, 0) is 0 Å². The molecule has 24 heavy (non-hydrogen) atoms. The predicted octanol–water partition coefficient (Wildman–Crippen LogP) is 3.98. The molecule has 2 aromatic rings. The maximum Gasteiger partial charge on any atom is 0.265 e. The van der Waals surface area contributed by atoms with Crippen LogP contribution < -0.4 is 15.4 Å². The molecule has 1 aliphatic carbocycles. The van der Waals surface area contributed by atoms with Gasteiger partial charge in [0.05, 0.1) is 7.11 Å². The monoisotopic (exact) mass is 368 g/mol. The third kappa shape index (κ3) is 4.41. The molecule has 0 aliphatic heterocycles. The molecule has 6 heteroatoms. The zero-order chi connectivity index (χ0) is 16.1. The first-order valence-corrected chi connectivity index (χ1v) is 9.18. The molecule has 1 aliphatic rings. The molecule has 0 spiro atoms. The lowest BCUT2D eigenvalue weighted by Crippen LogP contribution is -2.37. The summed E-state index contributed by atoms with van der Waals surface area (Å²) in [5.41, 5.74) is 0. The topological polar surface area (TPSA) is 50.4 Å². The molecule has 1 aromatic heterocycles. The number of hydrogen-bond donors (Lipinski definition) is 2. The van der Waals surface area contributed by atoms with Crippen molar-refractivity contribution in [1.82, 2.24) is 10.6 Å². The summed E-state index contributed by atoms with van der Waals surface area (Å²) in [6.07, 6.45) is 6.53. The molecule has 3 rings (SSSR count). The summed E-state index contributed by atoms with van der Waals surface area (Å²) < 4.78 is 6.53. The normalized spacial score (nSPS) is 15.0. The van der Waals surface area contributed by atoms with Crippen molar-refractivity contribution in [2.75, 3.05) is 20.2 Å². The van der Waals surface area contributed by atoms with Gasteiger partial charge in [-0.3, -0.25) is 4.79 Å². The summed E-state index contributed by atoms with van der Waals surface area (Å²) in [6.45, 7) is 1.47. The molecule has 1 aromatic carbocycles. The van der Waals surface area contributed by atoms with E-state index < -0.39 is 0 Å². The fourth-order valence-electron chi connectivity index (χ4n) is 3.21. The molecule has 0 saturated heterocycles. The van der Waals surface area contributed by atoms with Gasteiger partial charge < -0.3 is 15.4 Å². The minimum Gasteiger partial charge on any atom is -0.494 e. The van der Waals surface area contributed by atoms with E-state index in [1.54, 1.807) is 7.11 Å². The first kappa shape index (κ1) is 19.0. The van der Waals surface area contributed by atoms with Gasteiger partial charge in [-0.15, -0.1) is 23.7 Å². The van der Waals surface area contributed by atoms with Gasteiger partial charge in [-0.1, -0.05) is 31.4 Å². The molecular weight excluding hydrogens is 344 g/mol. The Morgan fingerprint density at radius 2 is 1.96 bits per heavy atom. The summed E-state index contributed by atoms with van der Waals surface area (Å²) in [4.78, 5) is 13.1. The highest BCUT2D eigenvalue weighted by Gasteiger charge is 2.19. The second kappa shape index (κ2) is 9.25. The molecule has 0 unspecified atom stereocenters. The Morgan fingerprint density at radius 1 is 1.21 bits per heavy atom. The number of fused-ring (bicyclic) bond motifs is 1. The van der Waals surface area contributed by atoms with Crippen molar-refractivity contribution in [3.8, 4) is 5.75 Å². The smallest absolute Gasteiger partial charge is 0.265 e. The van der Waals surface area contributed by atoms with Gasteiger partial charge >= 0.3 is 0 Å². The van der Waals surface area contributed by atoms with Crippen LogP contribution in [0.5, 0.6) is 5.75 Å². The number of carbonyl (C=O) groups excluding carboxylic acids is 1. The maximum atomic E-state index is 12.4. The largest absolute Gasteiger partial charge is 0.494 e. The Balaban J connectivity index is 0.00000208. The average molecular weight is 369 g/mol. The summed E-state index contributed by atoms with van der Waals surface area (Å²) >= 11 is 1.49. The Morgan fingerprint density at radius 3 is 2.71 bits per heavy atom. The fourth-order valence-corrected chi connectivity index (χ4v) is 4.30. The van der Waals surface area contributed by atoms with Crippen molar-refractivity contribution in [2.24, 2.45) is 0 Å². The molecule has 1 amide bonds. The number of hydrogen-bond acceptors (Lipinski definition) is 4. The number of benzene rings is 1. The Bertz CT molecular complexity index is 668. The lowest BCUT2D eigenvalue weighted by molar-refractivity contribution is 0.0955. The minimum atomic E-state index is -0.0477. The first-order valence-electron chi connectivity index (χ1n) is 8.36. The molecule has 1 heterocycles. The number of thiophene rings is 1. The lowest BCUT2D eigenvalue weighted by atomic mass is 9.95. The van der Waals surface area contributed by atoms with Gasteiger partial charge in [0, 0.05) is 29.2 Å². The molecule has 0 bridgehead atoms. The highest BCUT2D eigenvalue weighted by Crippen LogP contribution is 2.37. The second-order valence-electron chi connectivity index (χ2n) is 6.01. The quantitative estimate of drug-likeness (QED) is 0.758. The van der Waals surface area contributed by atoms with Crippen molar-refractivity contribution in [2.45, 2.75) is 38.1 Å². The summed E-state index contributed by atoms with van der Waals surface area (Å²) in [6, 6.07) is 8.58. The molecule has 4 nitrogen and oxygen atoms in total. The van der Waals surface area contributed by atoms with Crippen LogP contribution in [0, 0.1) is 0 Å². The van der Waals surface area contributed by atoms with Gasteiger partial charge in [0.15, 0.2) is 0 Å². The van der Waals surface area contributed by atoms with Crippen molar-refractivity contribution in [3.05, 3.63) is 29.1 Å². The van der Waals surface area contributed by atoms with Crippen molar-refractivity contribution < 1.29 is 9.53 Å². The van der Waals surface area contributed by atoms with Gasteiger partial charge in [-0.05, 0) is 25.0 Å². The lowest BCUT2D eigenvalue weighted by Gasteiger charge is -2.22. The maximum absolute atomic E-state index is 12.4. The van der Waals surface area contributed by atoms with Crippen molar-refractivity contribution in [3.63, 3.8) is 0 Å². The zero-order valence-corrected chi connectivity index (χ0v) is 15.6. The zero-order valence-electron chi connectivity index (χ0n) is 14.0. The predicted molar refractivity (Wildman–Crippen MR) is 103 cm³/mol. The molecule has 1 saturated carbocycles. The van der Waals surface area contributed by atoms with E-state index in [-0.39, 0.29) is 18.3 Å². The number of halogens is 1. The molecule has 132 valence electrons. The van der Waals surface area contributed by atoms with E-state index in [9.17, 15) is 4.79 Å². The van der Waals surface area contributed by atoms with Gasteiger partial charge in [-0.2, -0.15) is 0 Å². The number of amides is 1. The number of carbonyl (C=O) groups is 1. The van der Waals surface area contributed by atoms with Gasteiger partial charge in [-0.25, -0.2) is 0 Å². The number of nitrogens with one attached hydrogen (secondary N) is 2. The highest BCUT2D eigenvalue weighted by molar-refractivity contribution is 7.21. The molecule has 0 atom stereocenters. The van der Waals surface area contributed by atoms with Crippen LogP contribution in [0.25, 0.3) is 10.1 Å². The third-order valence-corrected chi connectivity index (χ3v) is 5.56. The molecular formula is C18H25ClN2O2S. The van der Waals surface area contributed by atoms with Gasteiger partial charge in [0.2, 0.25) is 0 Å². The van der Waals surface area contributed by atoms with E-state index in [0.29, 0.717) is 23.2 Å². The standard InChI is InChI=1S/C18H24N2O2S.ClH/c1-22-16-14-9-5-6-10-15(14)23-17(16)18(21)20-12-11-19-13-7-3-2-4-8-13;/h5-6,9-10,13,19H,2-4,7-8,11-12H2,1H3,(H,20,21);1H.